The molecule has 0 aliphatic carbocycles. The van der Waals surface area contributed by atoms with E-state index in [1.165, 1.54) is 30.0 Å². The molecular formula is C30H26FN3O4S2. The lowest BCUT2D eigenvalue weighted by molar-refractivity contribution is -0.132. The first kappa shape index (κ1) is 27.5. The number of benzene rings is 3. The van der Waals surface area contributed by atoms with Crippen LogP contribution in [0.5, 0.6) is 5.75 Å². The van der Waals surface area contributed by atoms with E-state index in [-0.39, 0.29) is 16.3 Å². The number of ketones is 1. The van der Waals surface area contributed by atoms with E-state index in [1.807, 2.05) is 30.3 Å². The molecule has 1 saturated heterocycles. The summed E-state index contributed by atoms with van der Waals surface area (Å²) in [4.78, 5) is 27.8. The normalized spacial score (nSPS) is 16.4. The number of hydrogen-bond donors (Lipinski definition) is 1. The number of Topliss-reactive ketones (excluding diaryl/α,β-unsaturated/α-hetero) is 1. The van der Waals surface area contributed by atoms with E-state index >= 15 is 4.39 Å². The van der Waals surface area contributed by atoms with Crippen LogP contribution in [0.1, 0.15) is 42.5 Å². The Morgan fingerprint density at radius 1 is 1.02 bits per heavy atom. The minimum absolute atomic E-state index is 0.0662. The fourth-order valence-electron chi connectivity index (χ4n) is 4.30. The first-order valence-corrected chi connectivity index (χ1v) is 14.6. The number of carbonyl (C=O) groups excluding carboxylic acids is 2. The van der Waals surface area contributed by atoms with Gasteiger partial charge in [0.25, 0.3) is 5.78 Å². The van der Waals surface area contributed by atoms with Crippen molar-refractivity contribution < 1.29 is 23.8 Å². The topological polar surface area (TPSA) is 92.6 Å². The maximum atomic E-state index is 15.1. The largest absolute Gasteiger partial charge is 0.507 e. The Hall–Kier alpha value is -4.02. The van der Waals surface area contributed by atoms with Gasteiger partial charge in [-0.25, -0.2) is 4.39 Å². The number of hydrogen-bond acceptors (Lipinski definition) is 8. The van der Waals surface area contributed by atoms with Crippen molar-refractivity contribution in [2.24, 2.45) is 0 Å². The average molecular weight is 576 g/mol. The third-order valence-corrected chi connectivity index (χ3v) is 8.47. The number of unbranched alkanes of at least 4 members (excludes halogenated alkanes) is 1. The van der Waals surface area contributed by atoms with Crippen molar-refractivity contribution in [1.82, 2.24) is 10.2 Å². The van der Waals surface area contributed by atoms with Gasteiger partial charge in [-0.15, -0.1) is 10.2 Å². The Balaban J connectivity index is 1.50. The number of halogens is 1. The van der Waals surface area contributed by atoms with Gasteiger partial charge >= 0.3 is 5.91 Å². The molecule has 7 nitrogen and oxygen atoms in total. The molecule has 5 rings (SSSR count). The van der Waals surface area contributed by atoms with Gasteiger partial charge in [0.05, 0.1) is 12.2 Å². The standard InChI is InChI=1S/C30H26FN3O4S2/c1-2-3-17-38-21-15-13-20(14-16-21)26(35)24-25(22-11-7-8-12-23(22)31)34(28(37)27(24)36)29-32-33-30(40-29)39-18-19-9-5-4-6-10-19/h4-16,25,35H,2-3,17-18H2,1H3/t25-/m1/s1. The Labute approximate surface area is 239 Å². The van der Waals surface area contributed by atoms with Gasteiger partial charge in [-0.2, -0.15) is 0 Å². The van der Waals surface area contributed by atoms with Gasteiger partial charge in [-0.1, -0.05) is 85.0 Å². The molecule has 1 aliphatic heterocycles. The first-order valence-electron chi connectivity index (χ1n) is 12.8. The van der Waals surface area contributed by atoms with E-state index in [0.717, 1.165) is 34.6 Å². The summed E-state index contributed by atoms with van der Waals surface area (Å²) in [6, 6.07) is 21.0. The van der Waals surface area contributed by atoms with Crippen molar-refractivity contribution in [2.45, 2.75) is 35.9 Å². The van der Waals surface area contributed by atoms with Crippen LogP contribution in [0.4, 0.5) is 9.52 Å². The number of anilines is 1. The lowest BCUT2D eigenvalue weighted by Crippen LogP contribution is -2.29. The van der Waals surface area contributed by atoms with Crippen molar-refractivity contribution >= 4 is 45.7 Å². The summed E-state index contributed by atoms with van der Waals surface area (Å²) in [6.45, 7) is 2.63. The Kier molecular flexibility index (Phi) is 8.57. The molecule has 1 fully saturated rings. The highest BCUT2D eigenvalue weighted by molar-refractivity contribution is 8.00. The SMILES string of the molecule is CCCCOc1ccc(C(O)=C2C(=O)C(=O)N(c3nnc(SCc4ccccc4)s3)[C@@H]2c2ccccc2F)cc1. The van der Waals surface area contributed by atoms with E-state index < -0.39 is 29.3 Å². The second-order valence-electron chi connectivity index (χ2n) is 9.04. The molecule has 1 aliphatic rings. The summed E-state index contributed by atoms with van der Waals surface area (Å²) in [5.74, 6) is -1.60. The minimum atomic E-state index is -1.22. The number of thioether (sulfide) groups is 1. The van der Waals surface area contributed by atoms with Crippen LogP contribution in [-0.2, 0) is 15.3 Å². The molecule has 1 aromatic heterocycles. The highest BCUT2D eigenvalue weighted by atomic mass is 32.2. The highest BCUT2D eigenvalue weighted by Crippen LogP contribution is 2.44. The number of amides is 1. The predicted molar refractivity (Wildman–Crippen MR) is 154 cm³/mol. The third-order valence-electron chi connectivity index (χ3n) is 6.35. The molecule has 1 amide bonds. The molecule has 1 N–H and O–H groups in total. The molecular weight excluding hydrogens is 549 g/mol. The number of aromatic nitrogens is 2. The number of carbonyl (C=O) groups is 2. The zero-order chi connectivity index (χ0) is 28.1. The van der Waals surface area contributed by atoms with E-state index in [1.54, 1.807) is 30.3 Å². The van der Waals surface area contributed by atoms with Crippen molar-refractivity contribution in [1.29, 1.82) is 0 Å². The quantitative estimate of drug-likeness (QED) is 0.0557. The first-order chi connectivity index (χ1) is 19.5. The highest BCUT2D eigenvalue weighted by Gasteiger charge is 2.49. The van der Waals surface area contributed by atoms with Gasteiger partial charge in [0.2, 0.25) is 5.13 Å². The van der Waals surface area contributed by atoms with Gasteiger partial charge in [0.1, 0.15) is 23.4 Å². The summed E-state index contributed by atoms with van der Waals surface area (Å²) < 4.78 is 21.4. The van der Waals surface area contributed by atoms with Crippen LogP contribution in [-0.4, -0.2) is 33.6 Å². The zero-order valence-corrected chi connectivity index (χ0v) is 23.3. The number of aliphatic hydroxyl groups excluding tert-OH is 1. The van der Waals surface area contributed by atoms with Crippen LogP contribution in [0.15, 0.2) is 88.8 Å². The van der Waals surface area contributed by atoms with Gasteiger partial charge in [0.15, 0.2) is 4.34 Å². The van der Waals surface area contributed by atoms with Gasteiger partial charge in [-0.05, 0) is 42.3 Å². The smallest absolute Gasteiger partial charge is 0.301 e. The number of ether oxygens (including phenoxy) is 1. The van der Waals surface area contributed by atoms with Crippen LogP contribution < -0.4 is 9.64 Å². The fraction of sp³-hybridized carbons (Fsp3) is 0.200. The monoisotopic (exact) mass is 575 g/mol. The molecule has 0 saturated carbocycles. The third kappa shape index (κ3) is 5.78. The summed E-state index contributed by atoms with van der Waals surface area (Å²) >= 11 is 2.57. The van der Waals surface area contributed by atoms with Crippen LogP contribution >= 0.6 is 23.1 Å². The van der Waals surface area contributed by atoms with E-state index in [4.69, 9.17) is 4.74 Å². The molecule has 10 heteroatoms. The molecule has 0 spiro atoms. The van der Waals surface area contributed by atoms with Gasteiger partial charge in [0, 0.05) is 16.9 Å². The van der Waals surface area contributed by atoms with E-state index in [0.29, 0.717) is 28.0 Å². The summed E-state index contributed by atoms with van der Waals surface area (Å²) in [7, 11) is 0. The predicted octanol–water partition coefficient (Wildman–Crippen LogP) is 6.77. The Bertz CT molecular complexity index is 1540. The number of aliphatic hydroxyl groups is 1. The molecule has 3 aromatic carbocycles. The lowest BCUT2D eigenvalue weighted by atomic mass is 9.95. The minimum Gasteiger partial charge on any atom is -0.507 e. The maximum Gasteiger partial charge on any atom is 0.301 e. The summed E-state index contributed by atoms with van der Waals surface area (Å²) in [5.41, 5.74) is 1.25. The molecule has 4 aromatic rings. The van der Waals surface area contributed by atoms with Gasteiger partial charge < -0.3 is 9.84 Å². The maximum absolute atomic E-state index is 15.1. The van der Waals surface area contributed by atoms with Crippen LogP contribution in [0.2, 0.25) is 0 Å². The Morgan fingerprint density at radius 3 is 2.48 bits per heavy atom. The van der Waals surface area contributed by atoms with Gasteiger partial charge in [-0.3, -0.25) is 14.5 Å². The van der Waals surface area contributed by atoms with Crippen molar-refractivity contribution in [2.75, 3.05) is 11.5 Å². The van der Waals surface area contributed by atoms with E-state index in [9.17, 15) is 14.7 Å². The summed E-state index contributed by atoms with van der Waals surface area (Å²) in [5, 5.41) is 19.8. The molecule has 204 valence electrons. The van der Waals surface area contributed by atoms with Crippen LogP contribution in [0.3, 0.4) is 0 Å². The molecule has 0 bridgehead atoms. The van der Waals surface area contributed by atoms with E-state index in [2.05, 4.69) is 17.1 Å². The van der Waals surface area contributed by atoms with Crippen molar-refractivity contribution in [3.63, 3.8) is 0 Å². The number of rotatable bonds is 10. The molecule has 1 atom stereocenters. The lowest BCUT2D eigenvalue weighted by Gasteiger charge is -2.22. The van der Waals surface area contributed by atoms with Crippen molar-refractivity contribution in [3.05, 3.63) is 107 Å². The average Bonchev–Trinajstić information content (AvgIpc) is 3.55. The number of nitrogens with zero attached hydrogens (tertiary/aromatic N) is 3. The molecule has 40 heavy (non-hydrogen) atoms. The summed E-state index contributed by atoms with van der Waals surface area (Å²) in [6.07, 6.45) is 1.91. The second-order valence-corrected chi connectivity index (χ2v) is 11.2. The Morgan fingerprint density at radius 2 is 1.75 bits per heavy atom. The van der Waals surface area contributed by atoms with Crippen LogP contribution in [0.25, 0.3) is 5.76 Å². The molecule has 0 unspecified atom stereocenters. The van der Waals surface area contributed by atoms with Crippen LogP contribution in [0, 0.1) is 5.82 Å². The molecule has 2 heterocycles. The molecule has 0 radical (unpaired) electrons. The zero-order valence-electron chi connectivity index (χ0n) is 21.6. The fourth-order valence-corrected chi connectivity index (χ4v) is 6.12. The second kappa shape index (κ2) is 12.4. The van der Waals surface area contributed by atoms with Crippen molar-refractivity contribution in [3.8, 4) is 5.75 Å².